The number of piperazine rings is 1. The van der Waals surface area contributed by atoms with Crippen LogP contribution in [0.3, 0.4) is 0 Å². The van der Waals surface area contributed by atoms with Crippen molar-refractivity contribution in [2.75, 3.05) is 46.9 Å². The quantitative estimate of drug-likeness (QED) is 0.747. The maximum absolute atomic E-state index is 12.6. The van der Waals surface area contributed by atoms with Crippen molar-refractivity contribution in [1.29, 1.82) is 0 Å². The molecule has 1 aliphatic rings. The highest BCUT2D eigenvalue weighted by Gasteiger charge is 2.25. The van der Waals surface area contributed by atoms with Crippen LogP contribution >= 0.6 is 0 Å². The van der Waals surface area contributed by atoms with Crippen LogP contribution < -0.4 is 14.8 Å². The monoisotopic (exact) mass is 415 g/mol. The lowest BCUT2D eigenvalue weighted by Gasteiger charge is -2.34. The van der Waals surface area contributed by atoms with Crippen LogP contribution in [-0.2, 0) is 4.79 Å². The number of nitrogens with one attached hydrogen (secondary N) is 1. The number of hydrogen-bond acceptors (Lipinski definition) is 6. The number of methoxy groups -OCH3 is 2. The maximum atomic E-state index is 12.6. The molecule has 8 heteroatoms. The molecule has 2 amide bonds. The van der Waals surface area contributed by atoms with Crippen LogP contribution in [-0.4, -0.2) is 68.6 Å². The molecule has 0 radical (unpaired) electrons. The van der Waals surface area contributed by atoms with Gasteiger partial charge in [-0.3, -0.25) is 14.5 Å². The zero-order chi connectivity index (χ0) is 21.7. The number of rotatable bonds is 7. The molecule has 0 bridgehead atoms. The average molecular weight is 415 g/mol. The van der Waals surface area contributed by atoms with Gasteiger partial charge in [-0.05, 0) is 44.2 Å². The molecule has 8 nitrogen and oxygen atoms in total. The lowest BCUT2D eigenvalue weighted by Crippen LogP contribution is -2.51. The van der Waals surface area contributed by atoms with Crippen molar-refractivity contribution in [2.45, 2.75) is 19.9 Å². The summed E-state index contributed by atoms with van der Waals surface area (Å²) in [5.74, 6) is 2.30. The Balaban J connectivity index is 1.51. The number of furan rings is 1. The van der Waals surface area contributed by atoms with Crippen LogP contribution in [0.4, 0.5) is 0 Å². The standard InChI is InChI=1S/C22H29N3O5/c1-15-5-7-20(30-15)22(27)25-11-9-24(10-12-25)14-21(26)23-16(2)18-13-17(28-3)6-8-19(18)29-4/h5-8,13,16H,9-12,14H2,1-4H3,(H,23,26). The molecule has 1 N–H and O–H groups in total. The summed E-state index contributed by atoms with van der Waals surface area (Å²) >= 11 is 0. The van der Waals surface area contributed by atoms with Gasteiger partial charge in [-0.25, -0.2) is 0 Å². The van der Waals surface area contributed by atoms with Gasteiger partial charge >= 0.3 is 0 Å². The third-order valence-corrected chi connectivity index (χ3v) is 5.26. The van der Waals surface area contributed by atoms with Crippen molar-refractivity contribution < 1.29 is 23.5 Å². The van der Waals surface area contributed by atoms with Gasteiger partial charge in [0.05, 0.1) is 26.8 Å². The highest BCUT2D eigenvalue weighted by Crippen LogP contribution is 2.29. The fourth-order valence-electron chi connectivity index (χ4n) is 3.56. The van der Waals surface area contributed by atoms with Crippen LogP contribution in [0, 0.1) is 6.92 Å². The van der Waals surface area contributed by atoms with Gasteiger partial charge in [-0.1, -0.05) is 0 Å². The topological polar surface area (TPSA) is 84.3 Å². The molecule has 1 unspecified atom stereocenters. The summed E-state index contributed by atoms with van der Waals surface area (Å²) in [6.07, 6.45) is 0. The lowest BCUT2D eigenvalue weighted by molar-refractivity contribution is -0.123. The Labute approximate surface area is 176 Å². The SMILES string of the molecule is COc1ccc(OC)c(C(C)NC(=O)CN2CCN(C(=O)c3ccc(C)o3)CC2)c1. The lowest BCUT2D eigenvalue weighted by atomic mass is 10.1. The number of hydrogen-bond donors (Lipinski definition) is 1. The summed E-state index contributed by atoms with van der Waals surface area (Å²) in [4.78, 5) is 28.8. The molecule has 2 aromatic rings. The molecule has 3 rings (SSSR count). The second-order valence-corrected chi connectivity index (χ2v) is 7.38. The molecule has 30 heavy (non-hydrogen) atoms. The Morgan fingerprint density at radius 3 is 2.43 bits per heavy atom. The molecule has 1 aliphatic heterocycles. The molecule has 1 aromatic carbocycles. The number of nitrogens with zero attached hydrogens (tertiary/aromatic N) is 2. The summed E-state index contributed by atoms with van der Waals surface area (Å²) in [6, 6.07) is 8.77. The Kier molecular flexibility index (Phi) is 6.99. The first-order valence-electron chi connectivity index (χ1n) is 10.0. The molecule has 1 saturated heterocycles. The minimum Gasteiger partial charge on any atom is -0.497 e. The second-order valence-electron chi connectivity index (χ2n) is 7.38. The molecule has 162 valence electrons. The van der Waals surface area contributed by atoms with Crippen LogP contribution in [0.15, 0.2) is 34.7 Å². The Morgan fingerprint density at radius 2 is 1.83 bits per heavy atom. The number of carbonyl (C=O) groups is 2. The van der Waals surface area contributed by atoms with Gasteiger partial charge < -0.3 is 24.1 Å². The number of aryl methyl sites for hydroxylation is 1. The molecule has 1 fully saturated rings. The molecule has 0 spiro atoms. The first kappa shape index (κ1) is 21.7. The van der Waals surface area contributed by atoms with Gasteiger partial charge in [-0.15, -0.1) is 0 Å². The van der Waals surface area contributed by atoms with Gasteiger partial charge in [0.1, 0.15) is 17.3 Å². The van der Waals surface area contributed by atoms with E-state index in [0.717, 1.165) is 11.3 Å². The van der Waals surface area contributed by atoms with Crippen molar-refractivity contribution in [3.63, 3.8) is 0 Å². The predicted molar refractivity (Wildman–Crippen MR) is 112 cm³/mol. The van der Waals surface area contributed by atoms with E-state index in [4.69, 9.17) is 13.9 Å². The van der Waals surface area contributed by atoms with E-state index in [2.05, 4.69) is 5.32 Å². The van der Waals surface area contributed by atoms with Crippen molar-refractivity contribution in [1.82, 2.24) is 15.1 Å². The van der Waals surface area contributed by atoms with Crippen LogP contribution in [0.25, 0.3) is 0 Å². The van der Waals surface area contributed by atoms with Gasteiger partial charge in [0.15, 0.2) is 5.76 Å². The fraction of sp³-hybridized carbons (Fsp3) is 0.455. The van der Waals surface area contributed by atoms with Crippen LogP contribution in [0.5, 0.6) is 11.5 Å². The minimum atomic E-state index is -0.229. The average Bonchev–Trinajstić information content (AvgIpc) is 3.19. The third kappa shape index (κ3) is 5.13. The smallest absolute Gasteiger partial charge is 0.289 e. The normalized spacial score (nSPS) is 15.5. The predicted octanol–water partition coefficient (Wildman–Crippen LogP) is 2.24. The molecule has 0 aliphatic carbocycles. The molecule has 0 saturated carbocycles. The molecule has 1 aromatic heterocycles. The largest absolute Gasteiger partial charge is 0.497 e. The molecular formula is C22H29N3O5. The summed E-state index contributed by atoms with van der Waals surface area (Å²) in [7, 11) is 3.21. The highest BCUT2D eigenvalue weighted by molar-refractivity contribution is 5.91. The number of ether oxygens (including phenoxy) is 2. The van der Waals surface area contributed by atoms with E-state index >= 15 is 0 Å². The van der Waals surface area contributed by atoms with Crippen molar-refractivity contribution in [3.8, 4) is 11.5 Å². The first-order chi connectivity index (χ1) is 14.4. The van der Waals surface area contributed by atoms with Crippen LogP contribution in [0.2, 0.25) is 0 Å². The van der Waals surface area contributed by atoms with E-state index in [1.54, 1.807) is 31.3 Å². The Bertz CT molecular complexity index is 887. The van der Waals surface area contributed by atoms with Crippen molar-refractivity contribution >= 4 is 11.8 Å². The van der Waals surface area contributed by atoms with Crippen LogP contribution in [0.1, 0.15) is 34.8 Å². The van der Waals surface area contributed by atoms with Crippen molar-refractivity contribution in [3.05, 3.63) is 47.4 Å². The number of amides is 2. The summed E-state index contributed by atoms with van der Waals surface area (Å²) in [5, 5.41) is 3.02. The van der Waals surface area contributed by atoms with Gasteiger partial charge in [-0.2, -0.15) is 0 Å². The Morgan fingerprint density at radius 1 is 1.10 bits per heavy atom. The number of carbonyl (C=O) groups excluding carboxylic acids is 2. The van der Waals surface area contributed by atoms with E-state index in [-0.39, 0.29) is 24.4 Å². The van der Waals surface area contributed by atoms with E-state index in [9.17, 15) is 9.59 Å². The third-order valence-electron chi connectivity index (χ3n) is 5.26. The molecular weight excluding hydrogens is 386 g/mol. The zero-order valence-corrected chi connectivity index (χ0v) is 17.9. The maximum Gasteiger partial charge on any atom is 0.289 e. The fourth-order valence-corrected chi connectivity index (χ4v) is 3.56. The highest BCUT2D eigenvalue weighted by atomic mass is 16.5. The Hall–Kier alpha value is -3.00. The molecule has 1 atom stereocenters. The summed E-state index contributed by atoms with van der Waals surface area (Å²) in [5.41, 5.74) is 0.856. The molecule has 2 heterocycles. The van der Waals surface area contributed by atoms with Crippen molar-refractivity contribution in [2.24, 2.45) is 0 Å². The van der Waals surface area contributed by atoms with Gasteiger partial charge in [0.2, 0.25) is 5.91 Å². The van der Waals surface area contributed by atoms with Gasteiger partial charge in [0.25, 0.3) is 5.91 Å². The summed E-state index contributed by atoms with van der Waals surface area (Å²) < 4.78 is 16.1. The van der Waals surface area contributed by atoms with Gasteiger partial charge in [0, 0.05) is 31.7 Å². The minimum absolute atomic E-state index is 0.0752. The zero-order valence-electron chi connectivity index (χ0n) is 17.9. The van der Waals surface area contributed by atoms with E-state index in [1.165, 1.54) is 0 Å². The van der Waals surface area contributed by atoms with E-state index < -0.39 is 0 Å². The first-order valence-corrected chi connectivity index (χ1v) is 10.0. The second kappa shape index (κ2) is 9.67. The van der Waals surface area contributed by atoms with E-state index in [0.29, 0.717) is 43.4 Å². The summed E-state index contributed by atoms with van der Waals surface area (Å²) in [6.45, 7) is 6.40. The van der Waals surface area contributed by atoms with E-state index in [1.807, 2.05) is 36.9 Å². The number of benzene rings is 1.